The molecule has 0 aliphatic carbocycles. The molecule has 2 saturated heterocycles. The predicted molar refractivity (Wildman–Crippen MR) is 193 cm³/mol. The number of halogens is 6. The highest BCUT2D eigenvalue weighted by molar-refractivity contribution is 5.34. The van der Waals surface area contributed by atoms with Gasteiger partial charge in [0.25, 0.3) is 0 Å². The number of rotatable bonds is 14. The van der Waals surface area contributed by atoms with Crippen molar-refractivity contribution < 1.29 is 26.3 Å². The first-order chi connectivity index (χ1) is 24.3. The molecule has 3 aromatic rings. The van der Waals surface area contributed by atoms with E-state index in [9.17, 15) is 26.3 Å². The highest BCUT2D eigenvalue weighted by Gasteiger charge is 2.37. The van der Waals surface area contributed by atoms with Gasteiger partial charge in [-0.1, -0.05) is 81.8 Å². The van der Waals surface area contributed by atoms with Crippen molar-refractivity contribution in [2.45, 2.75) is 83.2 Å². The van der Waals surface area contributed by atoms with Crippen LogP contribution in [0.25, 0.3) is 0 Å². The van der Waals surface area contributed by atoms with Crippen molar-refractivity contribution in [3.8, 4) is 0 Å². The molecule has 0 radical (unpaired) electrons. The molecule has 0 saturated carbocycles. The van der Waals surface area contributed by atoms with Crippen molar-refractivity contribution >= 4 is 0 Å². The van der Waals surface area contributed by atoms with Crippen LogP contribution >= 0.6 is 0 Å². The van der Waals surface area contributed by atoms with Gasteiger partial charge in [-0.15, -0.1) is 0 Å². The molecular formula is C41H54F6N4. The third kappa shape index (κ3) is 11.5. The largest absolute Gasteiger partial charge is 0.416 e. The molecular weight excluding hydrogens is 662 g/mol. The molecule has 51 heavy (non-hydrogen) atoms. The number of benzene rings is 3. The third-order valence-electron chi connectivity index (χ3n) is 10.5. The van der Waals surface area contributed by atoms with E-state index in [0.717, 1.165) is 90.2 Å². The van der Waals surface area contributed by atoms with Gasteiger partial charge in [0, 0.05) is 64.4 Å². The Morgan fingerprint density at radius 3 is 2.08 bits per heavy atom. The zero-order chi connectivity index (χ0) is 36.6. The van der Waals surface area contributed by atoms with Crippen LogP contribution in [0.1, 0.15) is 85.4 Å². The van der Waals surface area contributed by atoms with Crippen LogP contribution < -0.4 is 5.32 Å². The lowest BCUT2D eigenvalue weighted by atomic mass is 9.94. The second-order valence-corrected chi connectivity index (χ2v) is 15.0. The van der Waals surface area contributed by atoms with E-state index in [1.54, 1.807) is 0 Å². The Labute approximate surface area is 300 Å². The monoisotopic (exact) mass is 716 g/mol. The number of nitrogens with one attached hydrogen (secondary N) is 1. The average molecular weight is 717 g/mol. The molecule has 2 heterocycles. The maximum absolute atomic E-state index is 13.4. The molecule has 0 bridgehead atoms. The summed E-state index contributed by atoms with van der Waals surface area (Å²) in [5, 5.41) is 3.42. The van der Waals surface area contributed by atoms with Gasteiger partial charge in [0.1, 0.15) is 0 Å². The van der Waals surface area contributed by atoms with E-state index < -0.39 is 23.5 Å². The van der Waals surface area contributed by atoms with E-state index in [4.69, 9.17) is 0 Å². The zero-order valence-electron chi connectivity index (χ0n) is 30.2. The normalized spacial score (nSPS) is 20.6. The second-order valence-electron chi connectivity index (χ2n) is 15.0. The van der Waals surface area contributed by atoms with Crippen LogP contribution in [0.3, 0.4) is 0 Å². The first kappa shape index (κ1) is 39.3. The Morgan fingerprint density at radius 2 is 1.43 bits per heavy atom. The van der Waals surface area contributed by atoms with Gasteiger partial charge in [0.15, 0.2) is 0 Å². The summed E-state index contributed by atoms with van der Waals surface area (Å²) >= 11 is 0. The van der Waals surface area contributed by atoms with Crippen LogP contribution in [-0.2, 0) is 25.2 Å². The van der Waals surface area contributed by atoms with Crippen molar-refractivity contribution in [3.63, 3.8) is 0 Å². The lowest BCUT2D eigenvalue weighted by Gasteiger charge is -2.43. The van der Waals surface area contributed by atoms with Crippen molar-refractivity contribution in [2.75, 3.05) is 58.9 Å². The molecule has 3 aromatic carbocycles. The predicted octanol–water partition coefficient (Wildman–Crippen LogP) is 9.07. The minimum Gasteiger partial charge on any atom is -0.314 e. The first-order valence-corrected chi connectivity index (χ1v) is 18.6. The smallest absolute Gasteiger partial charge is 0.314 e. The van der Waals surface area contributed by atoms with Crippen LogP contribution in [-0.4, -0.2) is 79.6 Å². The summed E-state index contributed by atoms with van der Waals surface area (Å²) in [6.07, 6.45) is -5.46. The number of unbranched alkanes of at least 4 members (excludes halogenated alkanes) is 1. The molecule has 4 nitrogen and oxygen atoms in total. The summed E-state index contributed by atoms with van der Waals surface area (Å²) < 4.78 is 80.3. The van der Waals surface area contributed by atoms with E-state index in [2.05, 4.69) is 95.4 Å². The molecule has 10 heteroatoms. The van der Waals surface area contributed by atoms with E-state index in [1.165, 1.54) is 16.7 Å². The Hall–Kier alpha value is -2.92. The summed E-state index contributed by atoms with van der Waals surface area (Å²) in [7, 11) is 0. The van der Waals surface area contributed by atoms with Crippen molar-refractivity contribution in [2.24, 2.45) is 5.92 Å². The lowest BCUT2D eigenvalue weighted by molar-refractivity contribution is -0.143. The van der Waals surface area contributed by atoms with E-state index in [1.807, 2.05) is 0 Å². The molecule has 2 aliphatic rings. The molecule has 3 atom stereocenters. The van der Waals surface area contributed by atoms with Crippen LogP contribution in [0, 0.1) is 5.92 Å². The first-order valence-electron chi connectivity index (χ1n) is 18.6. The third-order valence-corrected chi connectivity index (χ3v) is 10.5. The van der Waals surface area contributed by atoms with Gasteiger partial charge in [-0.05, 0) is 84.5 Å². The summed E-state index contributed by atoms with van der Waals surface area (Å²) in [4.78, 5) is 7.45. The van der Waals surface area contributed by atoms with Gasteiger partial charge in [-0.3, -0.25) is 9.80 Å². The second kappa shape index (κ2) is 17.7. The quantitative estimate of drug-likeness (QED) is 0.133. The molecule has 280 valence electrons. The molecule has 2 aliphatic heterocycles. The summed E-state index contributed by atoms with van der Waals surface area (Å²) in [5.41, 5.74) is 1.68. The fraction of sp³-hybridized carbons (Fsp3) is 0.561. The van der Waals surface area contributed by atoms with Crippen LogP contribution in [0.5, 0.6) is 0 Å². The van der Waals surface area contributed by atoms with Crippen molar-refractivity contribution in [1.29, 1.82) is 0 Å². The molecule has 0 amide bonds. The molecule has 5 rings (SSSR count). The molecule has 1 N–H and O–H groups in total. The fourth-order valence-electron chi connectivity index (χ4n) is 7.73. The molecule has 1 unspecified atom stereocenters. The topological polar surface area (TPSA) is 21.8 Å². The Balaban J connectivity index is 1.13. The Bertz CT molecular complexity index is 1460. The molecule has 0 aromatic heterocycles. The number of hydrogen-bond acceptors (Lipinski definition) is 4. The Kier molecular flexibility index (Phi) is 13.7. The molecule has 2 fully saturated rings. The van der Waals surface area contributed by atoms with Crippen LogP contribution in [0.15, 0.2) is 72.8 Å². The zero-order valence-corrected chi connectivity index (χ0v) is 30.2. The van der Waals surface area contributed by atoms with Crippen LogP contribution in [0.4, 0.5) is 26.3 Å². The van der Waals surface area contributed by atoms with Gasteiger partial charge in [0.05, 0.1) is 11.1 Å². The minimum absolute atomic E-state index is 0.0653. The lowest BCUT2D eigenvalue weighted by Crippen LogP contribution is -2.51. The summed E-state index contributed by atoms with van der Waals surface area (Å²) in [6, 6.07) is 22.4. The number of hydrogen-bond donors (Lipinski definition) is 1. The van der Waals surface area contributed by atoms with E-state index in [0.29, 0.717) is 24.4 Å². The molecule has 0 spiro atoms. The fourth-order valence-corrected chi connectivity index (χ4v) is 7.73. The van der Waals surface area contributed by atoms with Crippen LogP contribution in [0.2, 0.25) is 0 Å². The maximum Gasteiger partial charge on any atom is 0.416 e. The van der Waals surface area contributed by atoms with Gasteiger partial charge in [0.2, 0.25) is 0 Å². The number of alkyl halides is 6. The minimum atomic E-state index is -4.83. The van der Waals surface area contributed by atoms with E-state index in [-0.39, 0.29) is 24.1 Å². The van der Waals surface area contributed by atoms with Crippen molar-refractivity contribution in [3.05, 3.63) is 106 Å². The van der Waals surface area contributed by atoms with Gasteiger partial charge in [-0.25, -0.2) is 0 Å². The van der Waals surface area contributed by atoms with E-state index >= 15 is 0 Å². The van der Waals surface area contributed by atoms with Gasteiger partial charge < -0.3 is 10.2 Å². The summed E-state index contributed by atoms with van der Waals surface area (Å²) in [6.45, 7) is 14.5. The number of nitrogens with zero attached hydrogens (tertiary/aromatic N) is 3. The average Bonchev–Trinajstić information content (AvgIpc) is 3.09. The SMILES string of the molecule is CC(C)Cc1ccc(C(C)CN2CCN(CCCC[C@H]3CNCCN3CCc3cc(C(F)(F)F)cc(C(F)(F)F)c3)C[C@@H]2c2ccccc2)cc1. The standard InChI is InChI=1S/C41H54F6N4/c1-30(2)23-32-12-14-34(15-13-32)31(3)28-51-22-21-49(29-39(51)35-9-5-4-6-10-35)18-8-7-11-38-27-48-17-20-50(38)19-16-33-24-36(40(42,43)44)26-37(25-33)41(45,46)47/h4-6,9-10,12-15,24-26,30-31,38-39,48H,7-8,11,16-23,27-29H2,1-3H3/t31?,38-,39+/m0/s1. The summed E-state index contributed by atoms with van der Waals surface area (Å²) in [5.74, 6) is 1.06. The highest BCUT2D eigenvalue weighted by atomic mass is 19.4. The number of piperazine rings is 2. The van der Waals surface area contributed by atoms with Crippen molar-refractivity contribution in [1.82, 2.24) is 20.0 Å². The maximum atomic E-state index is 13.4. The van der Waals surface area contributed by atoms with Gasteiger partial charge in [-0.2, -0.15) is 26.3 Å². The van der Waals surface area contributed by atoms with Gasteiger partial charge >= 0.3 is 12.4 Å². The Morgan fingerprint density at radius 1 is 0.745 bits per heavy atom. The highest BCUT2D eigenvalue weighted by Crippen LogP contribution is 2.36.